The molecule has 1 heterocycles. The smallest absolute Gasteiger partial charge is 0.266 e. The maximum absolute atomic E-state index is 13.1. The second-order valence-electron chi connectivity index (χ2n) is 5.89. The lowest BCUT2D eigenvalue weighted by Crippen LogP contribution is -2.32. The van der Waals surface area contributed by atoms with Gasteiger partial charge >= 0.3 is 0 Å². The number of hydrogen-bond donors (Lipinski definition) is 1. The third kappa shape index (κ3) is 4.55. The first-order chi connectivity index (χ1) is 13.5. The summed E-state index contributed by atoms with van der Waals surface area (Å²) in [6.07, 6.45) is 0. The van der Waals surface area contributed by atoms with Gasteiger partial charge in [-0.25, -0.2) is 9.07 Å². The Morgan fingerprint density at radius 3 is 2.61 bits per heavy atom. The largest absolute Gasteiger partial charge is 0.497 e. The Labute approximate surface area is 165 Å². The predicted octanol–water partition coefficient (Wildman–Crippen LogP) is 3.14. The number of aromatic nitrogens is 2. The lowest BCUT2D eigenvalue weighted by atomic mass is 10.1. The highest BCUT2D eigenvalue weighted by Crippen LogP contribution is 2.19. The molecule has 0 radical (unpaired) electrons. The van der Waals surface area contributed by atoms with Gasteiger partial charge in [0.1, 0.15) is 11.6 Å². The van der Waals surface area contributed by atoms with Crippen LogP contribution in [0.4, 0.5) is 4.39 Å². The van der Waals surface area contributed by atoms with Crippen molar-refractivity contribution >= 4 is 17.5 Å². The summed E-state index contributed by atoms with van der Waals surface area (Å²) in [5.74, 6) is -0.253. The number of methoxy groups -OCH3 is 1. The fraction of sp³-hybridized carbons (Fsp3) is 0.150. The van der Waals surface area contributed by atoms with E-state index in [0.29, 0.717) is 5.69 Å². The minimum absolute atomic E-state index is 0.0225. The summed E-state index contributed by atoms with van der Waals surface area (Å²) in [5, 5.41) is 7.00. The van der Waals surface area contributed by atoms with Gasteiger partial charge in [-0.1, -0.05) is 11.6 Å². The molecule has 6 nitrogen and oxygen atoms in total. The number of carbonyl (C=O) groups is 1. The van der Waals surface area contributed by atoms with E-state index in [1.165, 1.54) is 16.8 Å². The molecule has 0 aliphatic heterocycles. The molecule has 0 atom stereocenters. The molecule has 8 heteroatoms. The number of carbonyl (C=O) groups excluding carboxylic acids is 1. The zero-order valence-corrected chi connectivity index (χ0v) is 15.7. The first-order valence-corrected chi connectivity index (χ1v) is 8.81. The minimum atomic E-state index is -0.521. The van der Waals surface area contributed by atoms with Crippen molar-refractivity contribution in [3.05, 3.63) is 81.4 Å². The molecule has 0 fully saturated rings. The van der Waals surface area contributed by atoms with Gasteiger partial charge in [-0.2, -0.15) is 5.10 Å². The van der Waals surface area contributed by atoms with E-state index in [9.17, 15) is 14.0 Å². The monoisotopic (exact) mass is 401 g/mol. The standard InChI is InChI=1S/C20H17ClFN3O3/c1-28-15-5-2-13(3-6-15)18-8-9-19(26)25(24-18)11-10-23-20(27)16-7-4-14(22)12-17(16)21/h2-9,12H,10-11H2,1H3,(H,23,27). The van der Waals surface area contributed by atoms with Crippen molar-refractivity contribution in [3.63, 3.8) is 0 Å². The lowest BCUT2D eigenvalue weighted by Gasteiger charge is -2.09. The minimum Gasteiger partial charge on any atom is -0.497 e. The molecule has 144 valence electrons. The van der Waals surface area contributed by atoms with Crippen molar-refractivity contribution in [2.45, 2.75) is 6.54 Å². The Hall–Kier alpha value is -3.19. The molecule has 0 unspecified atom stereocenters. The van der Waals surface area contributed by atoms with Crippen LogP contribution in [0.1, 0.15) is 10.4 Å². The number of rotatable bonds is 6. The molecular weight excluding hydrogens is 385 g/mol. The Balaban J connectivity index is 1.68. The predicted molar refractivity (Wildman–Crippen MR) is 104 cm³/mol. The molecule has 0 spiro atoms. The van der Waals surface area contributed by atoms with E-state index in [-0.39, 0.29) is 29.2 Å². The maximum atomic E-state index is 13.1. The molecule has 28 heavy (non-hydrogen) atoms. The molecule has 3 aromatic rings. The van der Waals surface area contributed by atoms with Crippen LogP contribution in [0.2, 0.25) is 5.02 Å². The van der Waals surface area contributed by atoms with Crippen LogP contribution in [0.25, 0.3) is 11.3 Å². The highest BCUT2D eigenvalue weighted by atomic mass is 35.5. The molecule has 3 rings (SSSR count). The van der Waals surface area contributed by atoms with Gasteiger partial charge in [0.05, 0.1) is 29.9 Å². The number of halogens is 2. The van der Waals surface area contributed by atoms with Crippen molar-refractivity contribution in [2.24, 2.45) is 0 Å². The summed E-state index contributed by atoms with van der Waals surface area (Å²) in [5.41, 5.74) is 1.33. The topological polar surface area (TPSA) is 73.2 Å². The summed E-state index contributed by atoms with van der Waals surface area (Å²) < 4.78 is 19.5. The molecule has 0 aliphatic rings. The van der Waals surface area contributed by atoms with Crippen LogP contribution in [-0.4, -0.2) is 29.3 Å². The zero-order valence-electron chi connectivity index (χ0n) is 15.0. The fourth-order valence-electron chi connectivity index (χ4n) is 2.57. The van der Waals surface area contributed by atoms with Crippen LogP contribution in [0.3, 0.4) is 0 Å². The molecule has 2 aromatic carbocycles. The molecule has 0 bridgehead atoms. The van der Waals surface area contributed by atoms with Crippen LogP contribution >= 0.6 is 11.6 Å². The SMILES string of the molecule is COc1ccc(-c2ccc(=O)n(CCNC(=O)c3ccc(F)cc3Cl)n2)cc1. The van der Waals surface area contributed by atoms with Crippen LogP contribution in [0, 0.1) is 5.82 Å². The number of ether oxygens (including phenoxy) is 1. The van der Waals surface area contributed by atoms with E-state index >= 15 is 0 Å². The van der Waals surface area contributed by atoms with Crippen LogP contribution < -0.4 is 15.6 Å². The number of nitrogens with one attached hydrogen (secondary N) is 1. The van der Waals surface area contributed by atoms with E-state index in [1.54, 1.807) is 25.3 Å². The van der Waals surface area contributed by atoms with Gasteiger partial charge in [-0.05, 0) is 48.5 Å². The molecule has 1 aromatic heterocycles. The van der Waals surface area contributed by atoms with Crippen molar-refractivity contribution in [1.82, 2.24) is 15.1 Å². The normalized spacial score (nSPS) is 10.5. The summed E-state index contributed by atoms with van der Waals surface area (Å²) in [6, 6.07) is 13.9. The first-order valence-electron chi connectivity index (χ1n) is 8.44. The summed E-state index contributed by atoms with van der Waals surface area (Å²) in [6.45, 7) is 0.332. The Morgan fingerprint density at radius 1 is 1.18 bits per heavy atom. The Bertz CT molecular complexity index is 1050. The molecular formula is C20H17ClFN3O3. The second kappa shape index (κ2) is 8.67. The molecule has 0 saturated heterocycles. The number of hydrogen-bond acceptors (Lipinski definition) is 4. The zero-order chi connectivity index (χ0) is 20.1. The van der Waals surface area contributed by atoms with Gasteiger partial charge < -0.3 is 10.1 Å². The molecule has 0 saturated carbocycles. The molecule has 0 aliphatic carbocycles. The number of amides is 1. The lowest BCUT2D eigenvalue weighted by molar-refractivity contribution is 0.0952. The van der Waals surface area contributed by atoms with Crippen molar-refractivity contribution in [3.8, 4) is 17.0 Å². The third-order valence-corrected chi connectivity index (χ3v) is 4.35. The molecule has 1 N–H and O–H groups in total. The van der Waals surface area contributed by atoms with Gasteiger partial charge in [0.15, 0.2) is 0 Å². The van der Waals surface area contributed by atoms with E-state index in [2.05, 4.69) is 10.4 Å². The van der Waals surface area contributed by atoms with E-state index in [1.807, 2.05) is 12.1 Å². The van der Waals surface area contributed by atoms with Gasteiger partial charge in [0, 0.05) is 18.2 Å². The highest BCUT2D eigenvalue weighted by molar-refractivity contribution is 6.33. The van der Waals surface area contributed by atoms with E-state index in [4.69, 9.17) is 16.3 Å². The van der Waals surface area contributed by atoms with Gasteiger partial charge in [-0.3, -0.25) is 9.59 Å². The fourth-order valence-corrected chi connectivity index (χ4v) is 2.82. The summed E-state index contributed by atoms with van der Waals surface area (Å²) in [4.78, 5) is 24.2. The number of nitrogens with zero attached hydrogens (tertiary/aromatic N) is 2. The second-order valence-corrected chi connectivity index (χ2v) is 6.30. The quantitative estimate of drug-likeness (QED) is 0.688. The van der Waals surface area contributed by atoms with Crippen LogP contribution in [-0.2, 0) is 6.54 Å². The van der Waals surface area contributed by atoms with Crippen molar-refractivity contribution in [1.29, 1.82) is 0 Å². The average molecular weight is 402 g/mol. The molecule has 1 amide bonds. The van der Waals surface area contributed by atoms with Crippen molar-refractivity contribution < 1.29 is 13.9 Å². The first kappa shape index (κ1) is 19.6. The van der Waals surface area contributed by atoms with E-state index < -0.39 is 11.7 Å². The van der Waals surface area contributed by atoms with Gasteiger partial charge in [0.2, 0.25) is 0 Å². The number of benzene rings is 2. The highest BCUT2D eigenvalue weighted by Gasteiger charge is 2.11. The Morgan fingerprint density at radius 2 is 1.93 bits per heavy atom. The van der Waals surface area contributed by atoms with E-state index in [0.717, 1.165) is 23.4 Å². The third-order valence-electron chi connectivity index (χ3n) is 4.04. The summed E-state index contributed by atoms with van der Waals surface area (Å²) in [7, 11) is 1.58. The Kier molecular flexibility index (Phi) is 6.06. The van der Waals surface area contributed by atoms with Crippen LogP contribution in [0.5, 0.6) is 5.75 Å². The maximum Gasteiger partial charge on any atom is 0.266 e. The van der Waals surface area contributed by atoms with Gasteiger partial charge in [-0.15, -0.1) is 0 Å². The van der Waals surface area contributed by atoms with Crippen molar-refractivity contribution in [2.75, 3.05) is 13.7 Å². The van der Waals surface area contributed by atoms with Crippen LogP contribution in [0.15, 0.2) is 59.4 Å². The summed E-state index contributed by atoms with van der Waals surface area (Å²) >= 11 is 5.88. The van der Waals surface area contributed by atoms with Gasteiger partial charge in [0.25, 0.3) is 11.5 Å². The average Bonchev–Trinajstić information content (AvgIpc) is 2.69.